The summed E-state index contributed by atoms with van der Waals surface area (Å²) in [7, 11) is 1.70. The maximum atomic E-state index is 12.5. The molecule has 3 heterocycles. The minimum Gasteiger partial charge on any atom is -0.340 e. The summed E-state index contributed by atoms with van der Waals surface area (Å²) in [5, 5.41) is 5.24. The summed E-state index contributed by atoms with van der Waals surface area (Å²) in [5.74, 6) is -0.0266. The SMILES string of the molecule is CN(CC(=O)N1CCC(N2CCNCC2)C1)C(=O)c1cccs1. The molecule has 3 rings (SSSR count). The summed E-state index contributed by atoms with van der Waals surface area (Å²) in [5.41, 5.74) is 0. The Morgan fingerprint density at radius 1 is 1.35 bits per heavy atom. The van der Waals surface area contributed by atoms with Gasteiger partial charge in [-0.1, -0.05) is 6.07 Å². The van der Waals surface area contributed by atoms with Gasteiger partial charge in [0.2, 0.25) is 5.91 Å². The molecular formula is C16H24N4O2S. The van der Waals surface area contributed by atoms with Gasteiger partial charge in [0, 0.05) is 52.4 Å². The highest BCUT2D eigenvalue weighted by Gasteiger charge is 2.31. The molecule has 0 aliphatic carbocycles. The molecule has 2 amide bonds. The van der Waals surface area contributed by atoms with Gasteiger partial charge >= 0.3 is 0 Å². The lowest BCUT2D eigenvalue weighted by molar-refractivity contribution is -0.130. The number of carbonyl (C=O) groups is 2. The van der Waals surface area contributed by atoms with Gasteiger partial charge in [-0.25, -0.2) is 0 Å². The summed E-state index contributed by atoms with van der Waals surface area (Å²) >= 11 is 1.41. The summed E-state index contributed by atoms with van der Waals surface area (Å²) in [6.45, 7) is 5.93. The molecule has 1 N–H and O–H groups in total. The van der Waals surface area contributed by atoms with Gasteiger partial charge in [0.05, 0.1) is 11.4 Å². The van der Waals surface area contributed by atoms with E-state index in [-0.39, 0.29) is 18.4 Å². The van der Waals surface area contributed by atoms with Crippen molar-refractivity contribution in [2.24, 2.45) is 0 Å². The molecule has 0 radical (unpaired) electrons. The fourth-order valence-corrected chi connectivity index (χ4v) is 3.99. The average Bonchev–Trinajstić information content (AvgIpc) is 3.26. The third-order valence-electron chi connectivity index (χ3n) is 4.64. The summed E-state index contributed by atoms with van der Waals surface area (Å²) in [6.07, 6.45) is 1.04. The van der Waals surface area contributed by atoms with Gasteiger partial charge in [0.1, 0.15) is 0 Å². The van der Waals surface area contributed by atoms with Crippen molar-refractivity contribution in [3.8, 4) is 0 Å². The van der Waals surface area contributed by atoms with Crippen LogP contribution in [0, 0.1) is 0 Å². The van der Waals surface area contributed by atoms with Gasteiger partial charge < -0.3 is 15.1 Å². The molecule has 0 saturated carbocycles. The third-order valence-corrected chi connectivity index (χ3v) is 5.49. The number of likely N-dealkylation sites (tertiary alicyclic amines) is 1. The molecule has 126 valence electrons. The van der Waals surface area contributed by atoms with Gasteiger partial charge in [0.15, 0.2) is 0 Å². The molecule has 1 aromatic rings. The second kappa shape index (κ2) is 7.42. The van der Waals surface area contributed by atoms with Crippen molar-refractivity contribution in [3.05, 3.63) is 22.4 Å². The molecule has 0 aromatic carbocycles. The van der Waals surface area contributed by atoms with Crippen LogP contribution in [0.25, 0.3) is 0 Å². The number of hydrogen-bond donors (Lipinski definition) is 1. The monoisotopic (exact) mass is 336 g/mol. The summed E-state index contributed by atoms with van der Waals surface area (Å²) in [4.78, 5) is 31.3. The maximum Gasteiger partial charge on any atom is 0.264 e. The van der Waals surface area contributed by atoms with Gasteiger partial charge in [-0.2, -0.15) is 0 Å². The fourth-order valence-electron chi connectivity index (χ4n) is 3.28. The number of piperazine rings is 1. The number of amides is 2. The van der Waals surface area contributed by atoms with Crippen LogP contribution in [0.3, 0.4) is 0 Å². The zero-order valence-corrected chi connectivity index (χ0v) is 14.3. The number of rotatable bonds is 4. The Hall–Kier alpha value is -1.44. The average molecular weight is 336 g/mol. The van der Waals surface area contributed by atoms with E-state index in [0.29, 0.717) is 10.9 Å². The Labute approximate surface area is 141 Å². The second-order valence-corrected chi connectivity index (χ2v) is 7.15. The van der Waals surface area contributed by atoms with Crippen LogP contribution in [0.15, 0.2) is 17.5 Å². The Balaban J connectivity index is 1.49. The topological polar surface area (TPSA) is 55.9 Å². The van der Waals surface area contributed by atoms with E-state index in [1.54, 1.807) is 13.1 Å². The zero-order valence-electron chi connectivity index (χ0n) is 13.5. The molecule has 6 nitrogen and oxygen atoms in total. The minimum absolute atomic E-state index is 0.0510. The predicted molar refractivity (Wildman–Crippen MR) is 90.7 cm³/mol. The van der Waals surface area contributed by atoms with Crippen LogP contribution in [0.1, 0.15) is 16.1 Å². The summed E-state index contributed by atoms with van der Waals surface area (Å²) in [6, 6.07) is 4.12. The van der Waals surface area contributed by atoms with Crippen LogP contribution in [0.2, 0.25) is 0 Å². The van der Waals surface area contributed by atoms with E-state index in [1.807, 2.05) is 16.3 Å². The number of nitrogens with one attached hydrogen (secondary N) is 1. The lowest BCUT2D eigenvalue weighted by atomic mass is 10.2. The van der Waals surface area contributed by atoms with Gasteiger partial charge in [-0.05, 0) is 17.9 Å². The first-order chi connectivity index (χ1) is 11.1. The molecule has 1 atom stereocenters. The van der Waals surface area contributed by atoms with Crippen LogP contribution in [-0.4, -0.2) is 85.4 Å². The lowest BCUT2D eigenvalue weighted by Gasteiger charge is -2.32. The normalized spacial score (nSPS) is 22.3. The second-order valence-electron chi connectivity index (χ2n) is 6.21. The first-order valence-electron chi connectivity index (χ1n) is 8.16. The molecule has 0 spiro atoms. The Kier molecular flexibility index (Phi) is 5.30. The lowest BCUT2D eigenvalue weighted by Crippen LogP contribution is -2.49. The van der Waals surface area contributed by atoms with Gasteiger partial charge in [-0.15, -0.1) is 11.3 Å². The smallest absolute Gasteiger partial charge is 0.264 e. The Morgan fingerprint density at radius 2 is 2.13 bits per heavy atom. The maximum absolute atomic E-state index is 12.5. The Bertz CT molecular complexity index is 542. The van der Waals surface area contributed by atoms with Crippen LogP contribution in [0.4, 0.5) is 0 Å². The molecule has 2 saturated heterocycles. The minimum atomic E-state index is -0.0776. The summed E-state index contributed by atoms with van der Waals surface area (Å²) < 4.78 is 0. The molecule has 23 heavy (non-hydrogen) atoms. The van der Waals surface area contributed by atoms with E-state index < -0.39 is 0 Å². The zero-order chi connectivity index (χ0) is 16.2. The highest BCUT2D eigenvalue weighted by atomic mass is 32.1. The van der Waals surface area contributed by atoms with Crippen LogP contribution in [-0.2, 0) is 4.79 Å². The number of hydrogen-bond acceptors (Lipinski definition) is 5. The largest absolute Gasteiger partial charge is 0.340 e. The van der Waals surface area contributed by atoms with Crippen molar-refractivity contribution in [1.82, 2.24) is 20.0 Å². The molecule has 2 fully saturated rings. The van der Waals surface area contributed by atoms with E-state index in [4.69, 9.17) is 0 Å². The van der Waals surface area contributed by atoms with E-state index in [2.05, 4.69) is 10.2 Å². The van der Waals surface area contributed by atoms with Gasteiger partial charge in [0.25, 0.3) is 5.91 Å². The molecular weight excluding hydrogens is 312 g/mol. The number of likely N-dealkylation sites (N-methyl/N-ethyl adjacent to an activating group) is 1. The predicted octanol–water partition coefficient (Wildman–Crippen LogP) is 0.326. The highest BCUT2D eigenvalue weighted by molar-refractivity contribution is 7.12. The van der Waals surface area contributed by atoms with Crippen LogP contribution in [0.5, 0.6) is 0 Å². The number of carbonyl (C=O) groups excluding carboxylic acids is 2. The molecule has 2 aliphatic heterocycles. The van der Waals surface area contributed by atoms with E-state index >= 15 is 0 Å². The molecule has 1 unspecified atom stereocenters. The van der Waals surface area contributed by atoms with Gasteiger partial charge in [-0.3, -0.25) is 14.5 Å². The van der Waals surface area contributed by atoms with E-state index in [0.717, 1.165) is 45.7 Å². The quantitative estimate of drug-likeness (QED) is 0.861. The van der Waals surface area contributed by atoms with Crippen molar-refractivity contribution < 1.29 is 9.59 Å². The third kappa shape index (κ3) is 3.91. The van der Waals surface area contributed by atoms with Crippen molar-refractivity contribution in [3.63, 3.8) is 0 Å². The number of thiophene rings is 1. The van der Waals surface area contributed by atoms with Crippen molar-refractivity contribution in [2.75, 3.05) is 52.9 Å². The molecule has 1 aromatic heterocycles. The fraction of sp³-hybridized carbons (Fsp3) is 0.625. The standard InChI is InChI=1S/C16H24N4O2S/c1-18(16(22)14-3-2-10-23-14)12-15(21)20-7-4-13(11-20)19-8-5-17-6-9-19/h2-3,10,13,17H,4-9,11-12H2,1H3. The van der Waals surface area contributed by atoms with Crippen molar-refractivity contribution in [1.29, 1.82) is 0 Å². The molecule has 0 bridgehead atoms. The van der Waals surface area contributed by atoms with Crippen molar-refractivity contribution >= 4 is 23.2 Å². The van der Waals surface area contributed by atoms with Crippen LogP contribution < -0.4 is 5.32 Å². The van der Waals surface area contributed by atoms with Crippen LogP contribution >= 0.6 is 11.3 Å². The first kappa shape index (κ1) is 16.4. The first-order valence-corrected chi connectivity index (χ1v) is 9.04. The molecule has 2 aliphatic rings. The Morgan fingerprint density at radius 3 is 2.83 bits per heavy atom. The van der Waals surface area contributed by atoms with E-state index in [9.17, 15) is 9.59 Å². The number of nitrogens with zero attached hydrogens (tertiary/aromatic N) is 3. The highest BCUT2D eigenvalue weighted by Crippen LogP contribution is 2.17. The van der Waals surface area contributed by atoms with Crippen molar-refractivity contribution in [2.45, 2.75) is 12.5 Å². The molecule has 7 heteroatoms. The van der Waals surface area contributed by atoms with E-state index in [1.165, 1.54) is 16.2 Å².